The lowest BCUT2D eigenvalue weighted by Gasteiger charge is -2.31. The van der Waals surface area contributed by atoms with Gasteiger partial charge >= 0.3 is 5.97 Å². The molecule has 1 aromatic carbocycles. The summed E-state index contributed by atoms with van der Waals surface area (Å²) in [5, 5.41) is 12.0. The van der Waals surface area contributed by atoms with E-state index >= 15 is 0 Å². The highest BCUT2D eigenvalue weighted by Crippen LogP contribution is 2.40. The molecule has 1 atom stereocenters. The molecule has 0 fully saturated rings. The van der Waals surface area contributed by atoms with Gasteiger partial charge in [0.1, 0.15) is 14.5 Å². The van der Waals surface area contributed by atoms with E-state index in [1.165, 1.54) is 5.56 Å². The smallest absolute Gasteiger partial charge is 0.343 e. The van der Waals surface area contributed by atoms with Crippen LogP contribution in [0.3, 0.4) is 0 Å². The molecule has 6 nitrogen and oxygen atoms in total. The molecule has 0 amide bonds. The number of carbonyl (C=O) groups excluding carboxylic acids is 1. The highest BCUT2D eigenvalue weighted by atomic mass is 16.6. The summed E-state index contributed by atoms with van der Waals surface area (Å²) in [4.78, 5) is 30.3. The second kappa shape index (κ2) is 5.78. The molecule has 0 radical (unpaired) electrons. The van der Waals surface area contributed by atoms with Gasteiger partial charge in [0, 0.05) is 16.5 Å². The quantitative estimate of drug-likeness (QED) is 0.422. The fourth-order valence-corrected chi connectivity index (χ4v) is 4.52. The van der Waals surface area contributed by atoms with Gasteiger partial charge in [-0.2, -0.15) is 0 Å². The summed E-state index contributed by atoms with van der Waals surface area (Å²) in [6.07, 6.45) is 0.967. The number of hydrogen-bond donors (Lipinski definition) is 1. The van der Waals surface area contributed by atoms with Gasteiger partial charge in [-0.3, -0.25) is 4.79 Å². The molecule has 2 aliphatic heterocycles. The lowest BCUT2D eigenvalue weighted by molar-refractivity contribution is -0.172. The summed E-state index contributed by atoms with van der Waals surface area (Å²) < 4.78 is 6.80. The molecule has 0 saturated carbocycles. The van der Waals surface area contributed by atoms with Crippen LogP contribution in [0.25, 0.3) is 22.3 Å². The third-order valence-corrected chi connectivity index (χ3v) is 6.07. The molecule has 0 saturated heterocycles. The number of carbonyl (C=O) groups is 1. The van der Waals surface area contributed by atoms with Crippen LogP contribution in [0.4, 0.5) is 0 Å². The number of ether oxygens (including phenoxy) is 1. The van der Waals surface area contributed by atoms with E-state index in [0.717, 1.165) is 28.5 Å². The maximum Gasteiger partial charge on any atom is 0.343 e. The molecule has 0 spiro atoms. The van der Waals surface area contributed by atoms with Gasteiger partial charge in [0.25, 0.3) is 5.56 Å². The van der Waals surface area contributed by atoms with Gasteiger partial charge in [-0.15, -0.1) is 0 Å². The van der Waals surface area contributed by atoms with Crippen LogP contribution < -0.4 is 5.56 Å². The van der Waals surface area contributed by atoms with Crippen molar-refractivity contribution in [3.63, 3.8) is 0 Å². The number of aliphatic hydroxyl groups is 1. The molecule has 140 valence electrons. The molecule has 2 aromatic heterocycles. The Kier molecular flexibility index (Phi) is 3.55. The second-order valence-corrected chi connectivity index (χ2v) is 7.39. The Bertz CT molecular complexity index is 1230. The predicted octanol–water partition coefficient (Wildman–Crippen LogP) is 1.21. The molecule has 0 unspecified atom stereocenters. The molecule has 28 heavy (non-hydrogen) atoms. The Hall–Kier alpha value is -2.93. The first-order valence-corrected chi connectivity index (χ1v) is 9.57. The van der Waals surface area contributed by atoms with E-state index in [-0.39, 0.29) is 18.6 Å². The molecule has 7 heteroatoms. The lowest BCUT2D eigenvalue weighted by Crippen LogP contribution is -2.44. The van der Waals surface area contributed by atoms with E-state index in [2.05, 4.69) is 13.9 Å². The zero-order chi connectivity index (χ0) is 19.6. The van der Waals surface area contributed by atoms with Crippen molar-refractivity contribution in [3.05, 3.63) is 62.9 Å². The SMILES string of the molecule is BCc1c2c(nc3ccccc13)-c1cc3c(c(=O)n1C2)COC(=O)[C@]3(O)CC. The van der Waals surface area contributed by atoms with Gasteiger partial charge in [0.15, 0.2) is 5.60 Å². The summed E-state index contributed by atoms with van der Waals surface area (Å²) in [6.45, 7) is 2.04. The maximum atomic E-state index is 13.2. The van der Waals surface area contributed by atoms with Crippen molar-refractivity contribution < 1.29 is 14.6 Å². The van der Waals surface area contributed by atoms with E-state index in [4.69, 9.17) is 9.72 Å². The van der Waals surface area contributed by atoms with E-state index in [1.807, 2.05) is 18.2 Å². The maximum absolute atomic E-state index is 13.2. The largest absolute Gasteiger partial charge is 0.458 e. The molecular weight excluding hydrogens is 355 g/mol. The van der Waals surface area contributed by atoms with E-state index in [0.29, 0.717) is 23.4 Å². The number of cyclic esters (lactones) is 1. The van der Waals surface area contributed by atoms with Crippen LogP contribution in [0.1, 0.15) is 35.6 Å². The Morgan fingerprint density at radius 2 is 2.07 bits per heavy atom. The van der Waals surface area contributed by atoms with Crippen LogP contribution in [0, 0.1) is 0 Å². The minimum Gasteiger partial charge on any atom is -0.458 e. The van der Waals surface area contributed by atoms with Gasteiger partial charge < -0.3 is 14.4 Å². The fraction of sp³-hybridized carbons (Fsp3) is 0.286. The Morgan fingerprint density at radius 1 is 1.29 bits per heavy atom. The average Bonchev–Trinajstić information content (AvgIpc) is 3.08. The molecule has 5 rings (SSSR count). The first kappa shape index (κ1) is 17.2. The first-order valence-electron chi connectivity index (χ1n) is 9.57. The standard InChI is InChI=1S/C21H19BN2O4/c1-2-21(27)15-7-17-18-13(9-24(17)19(25)14(15)10-28-20(21)26)12(8-22)11-5-3-4-6-16(11)23-18/h3-7,27H,2,8-10,22H2,1H3/t21-/m0/s1. The zero-order valence-corrected chi connectivity index (χ0v) is 15.8. The van der Waals surface area contributed by atoms with Gasteiger partial charge in [-0.25, -0.2) is 9.78 Å². The van der Waals surface area contributed by atoms with Crippen LogP contribution in [0.2, 0.25) is 0 Å². The Labute approximate surface area is 162 Å². The van der Waals surface area contributed by atoms with E-state index in [1.54, 1.807) is 17.6 Å². The number of fused-ring (bicyclic) bond motifs is 5. The van der Waals surface area contributed by atoms with Crippen LogP contribution >= 0.6 is 0 Å². The topological polar surface area (TPSA) is 81.4 Å². The number of pyridine rings is 2. The van der Waals surface area contributed by atoms with Crippen molar-refractivity contribution >= 4 is 24.7 Å². The van der Waals surface area contributed by atoms with Crippen molar-refractivity contribution in [3.8, 4) is 11.4 Å². The van der Waals surface area contributed by atoms with Crippen LogP contribution in [0.5, 0.6) is 0 Å². The number of para-hydroxylation sites is 1. The highest BCUT2D eigenvalue weighted by Gasteiger charge is 2.45. The number of benzene rings is 1. The minimum absolute atomic E-state index is 0.109. The number of rotatable bonds is 2. The number of esters is 1. The van der Waals surface area contributed by atoms with Crippen molar-refractivity contribution in [1.82, 2.24) is 9.55 Å². The molecule has 0 aliphatic carbocycles. The first-order chi connectivity index (χ1) is 13.5. The number of nitrogens with zero attached hydrogens (tertiary/aromatic N) is 2. The lowest BCUT2D eigenvalue weighted by atomic mass is 9.85. The molecule has 3 aromatic rings. The van der Waals surface area contributed by atoms with Crippen LogP contribution in [-0.4, -0.2) is 28.5 Å². The van der Waals surface area contributed by atoms with Crippen molar-refractivity contribution in [2.45, 2.75) is 38.4 Å². The summed E-state index contributed by atoms with van der Waals surface area (Å²) in [7, 11) is 2.10. The van der Waals surface area contributed by atoms with E-state index in [9.17, 15) is 14.7 Å². The summed E-state index contributed by atoms with van der Waals surface area (Å²) in [6, 6.07) is 9.72. The van der Waals surface area contributed by atoms with Gasteiger partial charge in [0.2, 0.25) is 0 Å². The van der Waals surface area contributed by atoms with Crippen molar-refractivity contribution in [2.24, 2.45) is 0 Å². The minimum atomic E-state index is -1.80. The molecule has 1 N–H and O–H groups in total. The van der Waals surface area contributed by atoms with Crippen molar-refractivity contribution in [2.75, 3.05) is 0 Å². The summed E-state index contributed by atoms with van der Waals surface area (Å²) in [5.74, 6) is -0.703. The Morgan fingerprint density at radius 3 is 2.82 bits per heavy atom. The normalized spacial score (nSPS) is 19.9. The summed E-state index contributed by atoms with van der Waals surface area (Å²) >= 11 is 0. The second-order valence-electron chi connectivity index (χ2n) is 7.39. The number of hydrogen-bond acceptors (Lipinski definition) is 5. The number of aromatic nitrogens is 2. The van der Waals surface area contributed by atoms with Gasteiger partial charge in [-0.05, 0) is 24.1 Å². The third kappa shape index (κ3) is 2.05. The van der Waals surface area contributed by atoms with E-state index < -0.39 is 11.6 Å². The molecule has 0 bridgehead atoms. The highest BCUT2D eigenvalue weighted by molar-refractivity contribution is 6.10. The Balaban J connectivity index is 1.84. The average molecular weight is 374 g/mol. The molecule has 2 aliphatic rings. The third-order valence-electron chi connectivity index (χ3n) is 6.07. The predicted molar refractivity (Wildman–Crippen MR) is 107 cm³/mol. The molecular formula is C21H19BN2O4. The monoisotopic (exact) mass is 374 g/mol. The fourth-order valence-electron chi connectivity index (χ4n) is 4.52. The summed E-state index contributed by atoms with van der Waals surface area (Å²) in [5.41, 5.74) is 3.18. The van der Waals surface area contributed by atoms with Gasteiger partial charge in [0.05, 0.1) is 29.0 Å². The van der Waals surface area contributed by atoms with Crippen molar-refractivity contribution in [1.29, 1.82) is 0 Å². The van der Waals surface area contributed by atoms with Gasteiger partial charge in [-0.1, -0.05) is 31.4 Å². The van der Waals surface area contributed by atoms with Crippen LogP contribution in [-0.2, 0) is 34.6 Å². The van der Waals surface area contributed by atoms with Crippen LogP contribution in [0.15, 0.2) is 35.1 Å². The molecule has 4 heterocycles. The zero-order valence-electron chi connectivity index (χ0n) is 15.8.